The van der Waals surface area contributed by atoms with Gasteiger partial charge in [0.25, 0.3) is 0 Å². The van der Waals surface area contributed by atoms with E-state index in [1.165, 1.54) is 25.3 Å². The van der Waals surface area contributed by atoms with Gasteiger partial charge in [0.1, 0.15) is 11.6 Å². The standard InChI is InChI=1S/C15H14F3NO/c1-20-14-4-2-3-11(17)15(14)13(19)8-9-5-6-10(16)12(18)7-9/h2-7,13H,8,19H2,1H3. The van der Waals surface area contributed by atoms with Gasteiger partial charge in [-0.1, -0.05) is 12.1 Å². The highest BCUT2D eigenvalue weighted by Gasteiger charge is 2.18. The summed E-state index contributed by atoms with van der Waals surface area (Å²) in [6.45, 7) is 0. The largest absolute Gasteiger partial charge is 0.496 e. The fraction of sp³-hybridized carbons (Fsp3) is 0.200. The Morgan fingerprint density at radius 2 is 1.80 bits per heavy atom. The minimum atomic E-state index is -0.949. The monoisotopic (exact) mass is 281 g/mol. The van der Waals surface area contributed by atoms with Gasteiger partial charge in [0, 0.05) is 11.6 Å². The number of rotatable bonds is 4. The number of hydrogen-bond acceptors (Lipinski definition) is 2. The molecule has 0 heterocycles. The second-order valence-corrected chi connectivity index (χ2v) is 4.41. The van der Waals surface area contributed by atoms with Gasteiger partial charge >= 0.3 is 0 Å². The van der Waals surface area contributed by atoms with Crippen molar-refractivity contribution in [1.82, 2.24) is 0 Å². The molecule has 0 aliphatic carbocycles. The van der Waals surface area contributed by atoms with E-state index in [9.17, 15) is 13.2 Å². The summed E-state index contributed by atoms with van der Waals surface area (Å²) < 4.78 is 44.9. The van der Waals surface area contributed by atoms with Crippen molar-refractivity contribution >= 4 is 0 Å². The Hall–Kier alpha value is -2.01. The summed E-state index contributed by atoms with van der Waals surface area (Å²) >= 11 is 0. The first-order valence-electron chi connectivity index (χ1n) is 6.05. The first kappa shape index (κ1) is 14.4. The number of nitrogens with two attached hydrogens (primary N) is 1. The lowest BCUT2D eigenvalue weighted by atomic mass is 9.98. The zero-order valence-corrected chi connectivity index (χ0v) is 10.9. The molecule has 1 atom stereocenters. The van der Waals surface area contributed by atoms with Crippen LogP contribution >= 0.6 is 0 Å². The van der Waals surface area contributed by atoms with Crippen LogP contribution in [-0.4, -0.2) is 7.11 Å². The molecule has 2 rings (SSSR count). The van der Waals surface area contributed by atoms with E-state index in [2.05, 4.69) is 0 Å². The summed E-state index contributed by atoms with van der Waals surface area (Å²) in [6, 6.07) is 7.19. The third kappa shape index (κ3) is 2.93. The van der Waals surface area contributed by atoms with Gasteiger partial charge in [-0.25, -0.2) is 13.2 Å². The smallest absolute Gasteiger partial charge is 0.159 e. The molecule has 5 heteroatoms. The Kier molecular flexibility index (Phi) is 4.29. The summed E-state index contributed by atoms with van der Waals surface area (Å²) in [5.74, 6) is -2.03. The molecule has 2 nitrogen and oxygen atoms in total. The van der Waals surface area contributed by atoms with Gasteiger partial charge < -0.3 is 10.5 Å². The Morgan fingerprint density at radius 1 is 1.05 bits per heavy atom. The quantitative estimate of drug-likeness (QED) is 0.932. The molecule has 2 aromatic rings. The minimum Gasteiger partial charge on any atom is -0.496 e. The highest BCUT2D eigenvalue weighted by Crippen LogP contribution is 2.28. The van der Waals surface area contributed by atoms with Crippen molar-refractivity contribution in [3.05, 3.63) is 65.0 Å². The molecule has 2 aromatic carbocycles. The average Bonchev–Trinajstić information content (AvgIpc) is 2.42. The van der Waals surface area contributed by atoms with Crippen molar-refractivity contribution in [2.75, 3.05) is 7.11 Å². The molecule has 0 radical (unpaired) electrons. The maximum Gasteiger partial charge on any atom is 0.159 e. The van der Waals surface area contributed by atoms with Crippen LogP contribution in [0, 0.1) is 17.5 Å². The van der Waals surface area contributed by atoms with Crippen LogP contribution in [0.1, 0.15) is 17.2 Å². The van der Waals surface area contributed by atoms with Crippen LogP contribution in [0.3, 0.4) is 0 Å². The fourth-order valence-electron chi connectivity index (χ4n) is 2.08. The van der Waals surface area contributed by atoms with Crippen LogP contribution in [0.4, 0.5) is 13.2 Å². The van der Waals surface area contributed by atoms with E-state index in [1.54, 1.807) is 6.07 Å². The third-order valence-electron chi connectivity index (χ3n) is 3.04. The van der Waals surface area contributed by atoms with Crippen molar-refractivity contribution in [3.8, 4) is 5.75 Å². The lowest BCUT2D eigenvalue weighted by Gasteiger charge is -2.16. The van der Waals surface area contributed by atoms with Gasteiger partial charge in [0.2, 0.25) is 0 Å². The Bertz CT molecular complexity index is 616. The first-order valence-corrected chi connectivity index (χ1v) is 6.05. The molecule has 20 heavy (non-hydrogen) atoms. The molecular formula is C15H14F3NO. The van der Waals surface area contributed by atoms with Gasteiger partial charge in [-0.15, -0.1) is 0 Å². The Morgan fingerprint density at radius 3 is 2.45 bits per heavy atom. The molecule has 0 saturated heterocycles. The molecule has 0 amide bonds. The van der Waals surface area contributed by atoms with Crippen molar-refractivity contribution in [2.45, 2.75) is 12.5 Å². The number of hydrogen-bond donors (Lipinski definition) is 1. The molecule has 0 bridgehead atoms. The zero-order valence-electron chi connectivity index (χ0n) is 10.9. The lowest BCUT2D eigenvalue weighted by Crippen LogP contribution is -2.16. The normalized spacial score (nSPS) is 12.2. The van der Waals surface area contributed by atoms with Crippen LogP contribution < -0.4 is 10.5 Å². The van der Waals surface area contributed by atoms with Crippen LogP contribution in [-0.2, 0) is 6.42 Å². The van der Waals surface area contributed by atoms with Crippen molar-refractivity contribution in [2.24, 2.45) is 5.73 Å². The molecule has 0 fully saturated rings. The van der Waals surface area contributed by atoms with Crippen LogP contribution in [0.25, 0.3) is 0 Å². The van der Waals surface area contributed by atoms with Crippen LogP contribution in [0.5, 0.6) is 5.75 Å². The van der Waals surface area contributed by atoms with Crippen molar-refractivity contribution in [1.29, 1.82) is 0 Å². The predicted octanol–water partition coefficient (Wildman–Crippen LogP) is 3.36. The van der Waals surface area contributed by atoms with Gasteiger partial charge in [-0.05, 0) is 36.2 Å². The van der Waals surface area contributed by atoms with Gasteiger partial charge in [-0.3, -0.25) is 0 Å². The third-order valence-corrected chi connectivity index (χ3v) is 3.04. The highest BCUT2D eigenvalue weighted by molar-refractivity contribution is 5.38. The summed E-state index contributed by atoms with van der Waals surface area (Å²) in [5, 5.41) is 0. The zero-order chi connectivity index (χ0) is 14.7. The summed E-state index contributed by atoms with van der Waals surface area (Å²) in [6.07, 6.45) is 0.175. The van der Waals surface area contributed by atoms with Gasteiger partial charge in [0.15, 0.2) is 11.6 Å². The summed E-state index contributed by atoms with van der Waals surface area (Å²) in [5.41, 5.74) is 6.67. The van der Waals surface area contributed by atoms with E-state index in [0.717, 1.165) is 12.1 Å². The topological polar surface area (TPSA) is 35.2 Å². The molecule has 1 unspecified atom stereocenters. The van der Waals surface area contributed by atoms with E-state index >= 15 is 0 Å². The lowest BCUT2D eigenvalue weighted by molar-refractivity contribution is 0.398. The van der Waals surface area contributed by atoms with Crippen molar-refractivity contribution in [3.63, 3.8) is 0 Å². The Labute approximate surface area is 115 Å². The van der Waals surface area contributed by atoms with Crippen molar-refractivity contribution < 1.29 is 17.9 Å². The number of methoxy groups -OCH3 is 1. The summed E-state index contributed by atoms with van der Waals surface area (Å²) in [7, 11) is 1.42. The molecule has 0 aliphatic heterocycles. The molecule has 2 N–H and O–H groups in total. The maximum absolute atomic E-state index is 13.8. The second-order valence-electron chi connectivity index (χ2n) is 4.41. The molecule has 106 valence electrons. The van der Waals surface area contributed by atoms with Crippen LogP contribution in [0.15, 0.2) is 36.4 Å². The number of benzene rings is 2. The molecule has 0 saturated carbocycles. The maximum atomic E-state index is 13.8. The molecular weight excluding hydrogens is 267 g/mol. The Balaban J connectivity index is 2.28. The van der Waals surface area contributed by atoms with Gasteiger partial charge in [0.05, 0.1) is 7.11 Å². The van der Waals surface area contributed by atoms with E-state index in [1.807, 2.05) is 0 Å². The van der Waals surface area contributed by atoms with E-state index < -0.39 is 23.5 Å². The fourth-order valence-corrected chi connectivity index (χ4v) is 2.08. The van der Waals surface area contributed by atoms with Gasteiger partial charge in [-0.2, -0.15) is 0 Å². The SMILES string of the molecule is COc1cccc(F)c1C(N)Cc1ccc(F)c(F)c1. The minimum absolute atomic E-state index is 0.175. The summed E-state index contributed by atoms with van der Waals surface area (Å²) in [4.78, 5) is 0. The van der Waals surface area contributed by atoms with E-state index in [4.69, 9.17) is 10.5 Å². The van der Waals surface area contributed by atoms with E-state index in [0.29, 0.717) is 11.3 Å². The van der Waals surface area contributed by atoms with E-state index in [-0.39, 0.29) is 12.0 Å². The predicted molar refractivity (Wildman–Crippen MR) is 69.9 cm³/mol. The molecule has 0 aliphatic rings. The highest BCUT2D eigenvalue weighted by atomic mass is 19.2. The second kappa shape index (κ2) is 5.96. The number of ether oxygens (including phenoxy) is 1. The first-order chi connectivity index (χ1) is 9.52. The van der Waals surface area contributed by atoms with Crippen LogP contribution in [0.2, 0.25) is 0 Å². The number of halogens is 3. The molecule has 0 spiro atoms. The molecule has 0 aromatic heterocycles. The average molecular weight is 281 g/mol.